The minimum absolute atomic E-state index is 0.0550. The highest BCUT2D eigenvalue weighted by molar-refractivity contribution is 6.25. The lowest BCUT2D eigenvalue weighted by Crippen LogP contribution is -2.54. The number of nitrogens with zero attached hydrogens (tertiary/aromatic N) is 5. The highest BCUT2D eigenvalue weighted by atomic mass is 19.1. The van der Waals surface area contributed by atoms with Crippen LogP contribution in [0.1, 0.15) is 126 Å². The van der Waals surface area contributed by atoms with Gasteiger partial charge >= 0.3 is 5.97 Å². The largest absolute Gasteiger partial charge is 0.494 e. The van der Waals surface area contributed by atoms with Gasteiger partial charge in [-0.25, -0.2) is 4.39 Å². The molecule has 0 saturated carbocycles. The number of imide groups is 2. The number of nitrogens with one attached hydrogen (secondary N) is 3. The predicted octanol–water partition coefficient (Wildman–Crippen LogP) is 7.99. The Morgan fingerprint density at radius 2 is 1.61 bits per heavy atom. The Labute approximate surface area is 439 Å². The van der Waals surface area contributed by atoms with Crippen molar-refractivity contribution < 1.29 is 53.2 Å². The molecule has 2 aliphatic heterocycles. The first-order chi connectivity index (χ1) is 36.7. The van der Waals surface area contributed by atoms with Crippen LogP contribution >= 0.6 is 0 Å². The number of carboxylic acids is 1. The minimum Gasteiger partial charge on any atom is -0.494 e. The van der Waals surface area contributed by atoms with Crippen LogP contribution in [0.3, 0.4) is 0 Å². The van der Waals surface area contributed by atoms with Crippen molar-refractivity contribution in [3.63, 3.8) is 0 Å². The number of carbonyl (C=O) groups excluding carboxylic acids is 5. The summed E-state index contributed by atoms with van der Waals surface area (Å²) in [6.07, 6.45) is 4.02. The van der Waals surface area contributed by atoms with E-state index < -0.39 is 60.1 Å². The van der Waals surface area contributed by atoms with Crippen LogP contribution in [0.25, 0.3) is 22.4 Å². The molecule has 2 aliphatic rings. The van der Waals surface area contributed by atoms with Crippen molar-refractivity contribution >= 4 is 46.9 Å². The highest BCUT2D eigenvalue weighted by Gasteiger charge is 2.45. The van der Waals surface area contributed by atoms with E-state index in [2.05, 4.69) is 26.3 Å². The molecule has 6 N–H and O–H groups in total. The zero-order valence-corrected chi connectivity index (χ0v) is 42.5. The fourth-order valence-corrected chi connectivity index (χ4v) is 9.98. The van der Waals surface area contributed by atoms with Crippen LogP contribution in [0.5, 0.6) is 5.75 Å². The summed E-state index contributed by atoms with van der Waals surface area (Å²) in [7, 11) is 0. The third kappa shape index (κ3) is 13.1. The van der Waals surface area contributed by atoms with Crippen molar-refractivity contribution in [3.05, 3.63) is 137 Å². The van der Waals surface area contributed by atoms with E-state index in [0.29, 0.717) is 83.3 Å². The van der Waals surface area contributed by atoms with Crippen molar-refractivity contribution in [2.75, 3.05) is 23.8 Å². The molecule has 6 aromatic rings. The summed E-state index contributed by atoms with van der Waals surface area (Å²) in [5.74, 6) is -3.80. The van der Waals surface area contributed by atoms with E-state index in [1.807, 2.05) is 71.8 Å². The maximum atomic E-state index is 14.7. The normalized spacial score (nSPS) is 15.2. The van der Waals surface area contributed by atoms with E-state index in [4.69, 9.17) is 4.74 Å². The molecule has 5 amide bonds. The number of aliphatic hydroxyl groups excluding tert-OH is 2. The smallest absolute Gasteiger partial charge is 0.305 e. The standard InChI is InChI=1S/C57H63FN8O10/c1-35(2)52-51(55(73)60-39-14-6-5-7-15-39)49(53(36-20-22-38(58)23-21-36)65(52)29-26-41(67)32-42(68)33-48(70)71)37-13-10-17-43(31-37)76-30-12-16-40-34-64(63-62-40)28-9-4-3-8-27-59-45-19-11-18-44-50(45)57(75)66(56(44)74)46-24-25-47(69)61-54(46)72/h5-7,10-11,13-15,17-23,31,34-35,41-42,46,59,67-68H,3-4,8-9,12,16,24-30,32-33H2,1-2H3,(H,60,73)(H,70,71)(H,61,69,72). The van der Waals surface area contributed by atoms with Crippen LogP contribution < -0.4 is 20.7 Å². The summed E-state index contributed by atoms with van der Waals surface area (Å²) < 4.78 is 24.6. The third-order valence-corrected chi connectivity index (χ3v) is 13.5. The highest BCUT2D eigenvalue weighted by Crippen LogP contribution is 2.44. The molecule has 1 saturated heterocycles. The Bertz CT molecular complexity index is 3060. The molecule has 0 aliphatic carbocycles. The summed E-state index contributed by atoms with van der Waals surface area (Å²) in [6.45, 7) is 5.74. The number of carbonyl (C=O) groups is 6. The van der Waals surface area contributed by atoms with Crippen molar-refractivity contribution in [1.82, 2.24) is 29.8 Å². The number of halogens is 1. The maximum absolute atomic E-state index is 14.7. The summed E-state index contributed by atoms with van der Waals surface area (Å²) in [5.41, 5.74) is 5.97. The average molecular weight is 1040 g/mol. The molecule has 4 heterocycles. The number of aliphatic carboxylic acids is 1. The summed E-state index contributed by atoms with van der Waals surface area (Å²) in [6, 6.07) is 26.5. The lowest BCUT2D eigenvalue weighted by atomic mass is 9.94. The Morgan fingerprint density at radius 1 is 0.842 bits per heavy atom. The van der Waals surface area contributed by atoms with Crippen LogP contribution in [0, 0.1) is 5.82 Å². The van der Waals surface area contributed by atoms with E-state index in [0.717, 1.165) is 36.3 Å². The fraction of sp³-hybridized carbons (Fsp3) is 0.368. The Morgan fingerprint density at radius 3 is 2.36 bits per heavy atom. The number of amides is 5. The predicted molar refractivity (Wildman–Crippen MR) is 281 cm³/mol. The first kappa shape index (κ1) is 54.2. The minimum atomic E-state index is -1.25. The molecule has 2 aromatic heterocycles. The number of aliphatic hydroxyl groups is 2. The van der Waals surface area contributed by atoms with Gasteiger partial charge in [-0.2, -0.15) is 0 Å². The Balaban J connectivity index is 0.879. The van der Waals surface area contributed by atoms with Gasteiger partial charge in [-0.15, -0.1) is 5.10 Å². The SMILES string of the molecule is CC(C)c1c(C(=O)Nc2ccccc2)c(-c2cccc(OCCCc3cn(CCCCCCNc4cccc5c4C(=O)N(C4CCC(=O)NC4=O)C5=O)nn3)c2)c(-c2ccc(F)cc2)n1CCC(O)CC(O)CC(=O)O. The molecule has 1 fully saturated rings. The monoisotopic (exact) mass is 1040 g/mol. The zero-order valence-electron chi connectivity index (χ0n) is 42.5. The van der Waals surface area contributed by atoms with Gasteiger partial charge in [0.05, 0.1) is 53.3 Å². The van der Waals surface area contributed by atoms with Crippen LogP contribution in [0.4, 0.5) is 15.8 Å². The number of anilines is 2. The zero-order chi connectivity index (χ0) is 53.9. The van der Waals surface area contributed by atoms with Crippen LogP contribution in [0.15, 0.2) is 103 Å². The molecule has 4 aromatic carbocycles. The summed E-state index contributed by atoms with van der Waals surface area (Å²) in [4.78, 5) is 77.6. The molecule has 19 heteroatoms. The average Bonchev–Trinajstić information content (AvgIpc) is 4.11. The number of aryl methyl sites for hydroxylation is 2. The van der Waals surface area contributed by atoms with E-state index in [1.54, 1.807) is 42.5 Å². The van der Waals surface area contributed by atoms with E-state index in [9.17, 15) is 48.5 Å². The first-order valence-electron chi connectivity index (χ1n) is 25.8. The topological polar surface area (TPSA) is 247 Å². The molecule has 0 spiro atoms. The molecular formula is C57H63FN8O10. The van der Waals surface area contributed by atoms with Crippen LogP contribution in [-0.2, 0) is 33.9 Å². The second-order valence-corrected chi connectivity index (χ2v) is 19.5. The van der Waals surface area contributed by atoms with E-state index in [-0.39, 0.29) is 55.2 Å². The molecule has 8 rings (SSSR count). The second kappa shape index (κ2) is 25.0. The molecule has 398 valence electrons. The molecule has 76 heavy (non-hydrogen) atoms. The molecule has 3 unspecified atom stereocenters. The van der Waals surface area contributed by atoms with Gasteiger partial charge in [0.25, 0.3) is 17.7 Å². The number of hydrogen-bond acceptors (Lipinski definition) is 12. The van der Waals surface area contributed by atoms with Gasteiger partial charge in [0.15, 0.2) is 0 Å². The van der Waals surface area contributed by atoms with Crippen molar-refractivity contribution in [2.45, 2.75) is 122 Å². The van der Waals surface area contributed by atoms with Crippen LogP contribution in [-0.4, -0.2) is 107 Å². The van der Waals surface area contributed by atoms with Crippen molar-refractivity contribution in [2.24, 2.45) is 0 Å². The number of fused-ring (bicyclic) bond motifs is 1. The number of carboxylic acid groups (broad SMARTS) is 1. The van der Waals surface area contributed by atoms with Gasteiger partial charge in [0.1, 0.15) is 17.6 Å². The number of para-hydroxylation sites is 1. The fourth-order valence-electron chi connectivity index (χ4n) is 9.98. The number of hydrogen-bond donors (Lipinski definition) is 6. The molecule has 0 radical (unpaired) electrons. The maximum Gasteiger partial charge on any atom is 0.305 e. The molecule has 3 atom stereocenters. The number of ether oxygens (including phenoxy) is 1. The van der Waals surface area contributed by atoms with Gasteiger partial charge in [-0.05, 0) is 123 Å². The lowest BCUT2D eigenvalue weighted by Gasteiger charge is -2.27. The van der Waals surface area contributed by atoms with Gasteiger partial charge in [-0.1, -0.05) is 68.3 Å². The third-order valence-electron chi connectivity index (χ3n) is 13.5. The van der Waals surface area contributed by atoms with Crippen molar-refractivity contribution in [3.8, 4) is 28.1 Å². The summed E-state index contributed by atoms with van der Waals surface area (Å²) in [5, 5.41) is 47.8. The van der Waals surface area contributed by atoms with Gasteiger partial charge in [0.2, 0.25) is 11.8 Å². The molecule has 0 bridgehead atoms. The van der Waals surface area contributed by atoms with Gasteiger partial charge in [-0.3, -0.25) is 43.7 Å². The van der Waals surface area contributed by atoms with Crippen molar-refractivity contribution in [1.29, 1.82) is 0 Å². The molecule has 18 nitrogen and oxygen atoms in total. The van der Waals surface area contributed by atoms with Gasteiger partial charge in [0, 0.05) is 54.9 Å². The first-order valence-corrected chi connectivity index (χ1v) is 25.8. The summed E-state index contributed by atoms with van der Waals surface area (Å²) >= 11 is 0. The Kier molecular flexibility index (Phi) is 17.8. The van der Waals surface area contributed by atoms with E-state index >= 15 is 0 Å². The number of piperidine rings is 1. The second-order valence-electron chi connectivity index (χ2n) is 19.5. The van der Waals surface area contributed by atoms with Gasteiger partial charge < -0.3 is 35.3 Å². The van der Waals surface area contributed by atoms with E-state index in [1.165, 1.54) is 12.1 Å². The number of unbranched alkanes of at least 4 members (excludes halogenated alkanes) is 3. The van der Waals surface area contributed by atoms with Crippen LogP contribution in [0.2, 0.25) is 0 Å². The molecular weight excluding hydrogens is 976 g/mol. The number of benzene rings is 4. The number of aromatic nitrogens is 4. The number of rotatable bonds is 26. The quantitative estimate of drug-likeness (QED) is 0.0223. The Hall–Kier alpha value is -8.03. The lowest BCUT2D eigenvalue weighted by molar-refractivity contribution is -0.140.